The number of ether oxygens (including phenoxy) is 1. The maximum Gasteiger partial charge on any atom is 0.173 e. The van der Waals surface area contributed by atoms with Gasteiger partial charge in [-0.1, -0.05) is 29.8 Å². The number of nitrogens with one attached hydrogen (secondary N) is 1. The Morgan fingerprint density at radius 1 is 1.15 bits per heavy atom. The summed E-state index contributed by atoms with van der Waals surface area (Å²) in [5.41, 5.74) is 6.14. The lowest BCUT2D eigenvalue weighted by atomic mass is 9.99. The van der Waals surface area contributed by atoms with E-state index in [9.17, 15) is 0 Å². The molecule has 0 atom stereocenters. The molecule has 1 fully saturated rings. The fourth-order valence-corrected chi connectivity index (χ4v) is 5.04. The van der Waals surface area contributed by atoms with E-state index in [0.29, 0.717) is 0 Å². The molecule has 5 nitrogen and oxygen atoms in total. The van der Waals surface area contributed by atoms with Crippen LogP contribution >= 0.6 is 23.8 Å². The molecular formula is C26H35ClN4OS. The minimum atomic E-state index is 0.732. The molecule has 33 heavy (non-hydrogen) atoms. The number of aryl methyl sites for hydroxylation is 2. The lowest BCUT2D eigenvalue weighted by molar-refractivity contribution is 0.0358. The molecule has 0 aromatic heterocycles. The topological polar surface area (TPSA) is 31.0 Å². The molecule has 0 saturated carbocycles. The molecule has 0 aliphatic carbocycles. The van der Waals surface area contributed by atoms with Gasteiger partial charge in [0.2, 0.25) is 0 Å². The summed E-state index contributed by atoms with van der Waals surface area (Å²) in [6.45, 7) is 12.7. The number of thiocarbonyl (C=S) groups is 1. The van der Waals surface area contributed by atoms with Crippen molar-refractivity contribution in [1.29, 1.82) is 0 Å². The maximum absolute atomic E-state index is 6.34. The first-order valence-corrected chi connectivity index (χ1v) is 12.8. The van der Waals surface area contributed by atoms with Crippen molar-refractivity contribution in [1.82, 2.24) is 9.80 Å². The number of fused-ring (bicyclic) bond motifs is 1. The molecule has 7 heteroatoms. The number of hydrogen-bond acceptors (Lipinski definition) is 4. The SMILES string of the molecule is CCN1CCCc2cc(CN(CCN3CCOCC3)C(=S)Nc3ccc(C)c(Cl)c3)ccc21. The molecular weight excluding hydrogens is 452 g/mol. The average Bonchev–Trinajstić information content (AvgIpc) is 2.84. The summed E-state index contributed by atoms with van der Waals surface area (Å²) in [7, 11) is 0. The van der Waals surface area contributed by atoms with Crippen molar-refractivity contribution < 1.29 is 4.74 Å². The number of nitrogens with zero attached hydrogens (tertiary/aromatic N) is 3. The number of anilines is 2. The maximum atomic E-state index is 6.34. The van der Waals surface area contributed by atoms with Gasteiger partial charge in [0.1, 0.15) is 0 Å². The zero-order chi connectivity index (χ0) is 23.2. The molecule has 0 radical (unpaired) electrons. The van der Waals surface area contributed by atoms with Gasteiger partial charge in [-0.15, -0.1) is 0 Å². The third-order valence-corrected chi connectivity index (χ3v) is 7.38. The van der Waals surface area contributed by atoms with E-state index in [1.807, 2.05) is 25.1 Å². The third kappa shape index (κ3) is 6.38. The Morgan fingerprint density at radius 3 is 2.73 bits per heavy atom. The van der Waals surface area contributed by atoms with Gasteiger partial charge in [0, 0.05) is 62.2 Å². The minimum absolute atomic E-state index is 0.732. The quantitative estimate of drug-likeness (QED) is 0.557. The van der Waals surface area contributed by atoms with Gasteiger partial charge in [-0.05, 0) is 73.8 Å². The Bertz CT molecular complexity index is 963. The molecule has 2 aliphatic rings. The molecule has 0 spiro atoms. The van der Waals surface area contributed by atoms with E-state index in [-0.39, 0.29) is 0 Å². The average molecular weight is 487 g/mol. The van der Waals surface area contributed by atoms with Crippen LogP contribution in [0.25, 0.3) is 0 Å². The van der Waals surface area contributed by atoms with E-state index < -0.39 is 0 Å². The van der Waals surface area contributed by atoms with Gasteiger partial charge >= 0.3 is 0 Å². The van der Waals surface area contributed by atoms with E-state index in [0.717, 1.165) is 86.8 Å². The molecule has 0 unspecified atom stereocenters. The molecule has 0 bridgehead atoms. The van der Waals surface area contributed by atoms with E-state index in [4.69, 9.17) is 28.6 Å². The molecule has 0 amide bonds. The molecule has 1 saturated heterocycles. The van der Waals surface area contributed by atoms with Crippen LogP contribution in [0.4, 0.5) is 11.4 Å². The Hall–Kier alpha value is -1.86. The van der Waals surface area contributed by atoms with Crippen LogP contribution in [0.3, 0.4) is 0 Å². The standard InChI is InChI=1S/C26H35ClN4OS/c1-3-30-10-4-5-22-17-21(7-9-25(22)30)19-31(12-11-29-13-15-32-16-14-29)26(33)28-23-8-6-20(2)24(27)18-23/h6-9,17-18H,3-5,10-16,19H2,1-2H3,(H,28,33). The van der Waals surface area contributed by atoms with Crippen molar-refractivity contribution in [3.8, 4) is 0 Å². The van der Waals surface area contributed by atoms with Crippen molar-refractivity contribution in [2.45, 2.75) is 33.2 Å². The predicted octanol–water partition coefficient (Wildman–Crippen LogP) is 4.95. The van der Waals surface area contributed by atoms with Crippen LogP contribution in [-0.4, -0.2) is 67.4 Å². The first-order valence-electron chi connectivity index (χ1n) is 12.0. The highest BCUT2D eigenvalue weighted by Crippen LogP contribution is 2.28. The number of rotatable bonds is 7. The summed E-state index contributed by atoms with van der Waals surface area (Å²) in [4.78, 5) is 7.21. The Balaban J connectivity index is 1.49. The lowest BCUT2D eigenvalue weighted by Crippen LogP contribution is -2.44. The van der Waals surface area contributed by atoms with Crippen molar-refractivity contribution in [2.24, 2.45) is 0 Å². The van der Waals surface area contributed by atoms with Crippen molar-refractivity contribution >= 4 is 40.3 Å². The lowest BCUT2D eigenvalue weighted by Gasteiger charge is -2.33. The first-order chi connectivity index (χ1) is 16.0. The normalized spacial score (nSPS) is 16.4. The van der Waals surface area contributed by atoms with Gasteiger partial charge in [-0.25, -0.2) is 0 Å². The second-order valence-electron chi connectivity index (χ2n) is 8.92. The van der Waals surface area contributed by atoms with Gasteiger partial charge in [-0.2, -0.15) is 0 Å². The summed E-state index contributed by atoms with van der Waals surface area (Å²) in [6.07, 6.45) is 2.37. The van der Waals surface area contributed by atoms with E-state index in [1.165, 1.54) is 23.2 Å². The van der Waals surface area contributed by atoms with Crippen molar-refractivity contribution in [2.75, 3.05) is 62.7 Å². The zero-order valence-electron chi connectivity index (χ0n) is 19.8. The molecule has 2 heterocycles. The molecule has 178 valence electrons. The first kappa shape index (κ1) is 24.3. The highest BCUT2D eigenvalue weighted by atomic mass is 35.5. The van der Waals surface area contributed by atoms with Crippen LogP contribution in [0.2, 0.25) is 5.02 Å². The third-order valence-electron chi connectivity index (χ3n) is 6.61. The van der Waals surface area contributed by atoms with E-state index in [2.05, 4.69) is 45.1 Å². The molecule has 1 N–H and O–H groups in total. The van der Waals surface area contributed by atoms with Gasteiger partial charge in [0.05, 0.1) is 13.2 Å². The van der Waals surface area contributed by atoms with Crippen molar-refractivity contribution in [3.05, 3.63) is 58.1 Å². The second kappa shape index (κ2) is 11.5. The molecule has 2 aromatic carbocycles. The summed E-state index contributed by atoms with van der Waals surface area (Å²) in [5, 5.41) is 4.90. The van der Waals surface area contributed by atoms with Crippen LogP contribution < -0.4 is 10.2 Å². The molecule has 2 aliphatic heterocycles. The van der Waals surface area contributed by atoms with Gasteiger partial charge in [-0.3, -0.25) is 4.90 Å². The van der Waals surface area contributed by atoms with E-state index >= 15 is 0 Å². The highest BCUT2D eigenvalue weighted by Gasteiger charge is 2.19. The van der Waals surface area contributed by atoms with Crippen LogP contribution in [0, 0.1) is 6.92 Å². The monoisotopic (exact) mass is 486 g/mol. The number of halogens is 1. The van der Waals surface area contributed by atoms with Crippen LogP contribution in [0.15, 0.2) is 36.4 Å². The van der Waals surface area contributed by atoms with Crippen LogP contribution in [-0.2, 0) is 17.7 Å². The Labute approximate surface area is 208 Å². The summed E-state index contributed by atoms with van der Waals surface area (Å²) in [6, 6.07) is 12.9. The smallest absolute Gasteiger partial charge is 0.173 e. The van der Waals surface area contributed by atoms with Crippen LogP contribution in [0.1, 0.15) is 30.0 Å². The van der Waals surface area contributed by atoms with Gasteiger partial charge in [0.25, 0.3) is 0 Å². The predicted molar refractivity (Wildman–Crippen MR) is 143 cm³/mol. The summed E-state index contributed by atoms with van der Waals surface area (Å²) in [5.74, 6) is 0. The zero-order valence-corrected chi connectivity index (χ0v) is 21.4. The largest absolute Gasteiger partial charge is 0.379 e. The minimum Gasteiger partial charge on any atom is -0.379 e. The summed E-state index contributed by atoms with van der Waals surface area (Å²) >= 11 is 12.2. The van der Waals surface area contributed by atoms with Crippen molar-refractivity contribution in [3.63, 3.8) is 0 Å². The molecule has 2 aromatic rings. The Kier molecular flexibility index (Phi) is 8.47. The Morgan fingerprint density at radius 2 is 1.97 bits per heavy atom. The fraction of sp³-hybridized carbons (Fsp3) is 0.500. The number of hydrogen-bond donors (Lipinski definition) is 1. The molecule has 4 rings (SSSR count). The second-order valence-corrected chi connectivity index (χ2v) is 9.71. The van der Waals surface area contributed by atoms with Crippen LogP contribution in [0.5, 0.6) is 0 Å². The number of morpholine rings is 1. The van der Waals surface area contributed by atoms with Gasteiger partial charge < -0.3 is 19.9 Å². The summed E-state index contributed by atoms with van der Waals surface area (Å²) < 4.78 is 5.51. The van der Waals surface area contributed by atoms with Gasteiger partial charge in [0.15, 0.2) is 5.11 Å². The van der Waals surface area contributed by atoms with E-state index in [1.54, 1.807) is 0 Å². The fourth-order valence-electron chi connectivity index (χ4n) is 4.59. The number of benzene rings is 2. The highest BCUT2D eigenvalue weighted by molar-refractivity contribution is 7.80.